The van der Waals surface area contributed by atoms with Gasteiger partial charge in [-0.1, -0.05) is 30.3 Å². The summed E-state index contributed by atoms with van der Waals surface area (Å²) in [5.74, 6) is 1.77. The van der Waals surface area contributed by atoms with E-state index >= 15 is 0 Å². The third-order valence-corrected chi connectivity index (χ3v) is 6.35. The molecule has 0 N–H and O–H groups in total. The molecule has 0 saturated carbocycles. The number of hydrogen-bond acceptors (Lipinski definition) is 4. The highest BCUT2D eigenvalue weighted by molar-refractivity contribution is 5.91. The Morgan fingerprint density at radius 3 is 2.83 bits per heavy atom. The quantitative estimate of drug-likeness (QED) is 0.710. The first kappa shape index (κ1) is 20.2. The van der Waals surface area contributed by atoms with E-state index in [-0.39, 0.29) is 5.91 Å². The number of furan rings is 1. The van der Waals surface area contributed by atoms with Gasteiger partial charge in [-0.15, -0.1) is 0 Å². The number of benzene rings is 1. The Labute approximate surface area is 173 Å². The average Bonchev–Trinajstić information content (AvgIpc) is 3.22. The lowest BCUT2D eigenvalue weighted by atomic mass is 9.83. The number of ether oxygens (including phenoxy) is 1. The molecule has 1 aromatic heterocycles. The Hall–Kier alpha value is -2.11. The highest BCUT2D eigenvalue weighted by Gasteiger charge is 2.38. The predicted octanol–water partition coefficient (Wildman–Crippen LogP) is 3.99. The lowest BCUT2D eigenvalue weighted by molar-refractivity contribution is 0.0176. The number of likely N-dealkylation sites (tertiary alicyclic amines) is 2. The average molecular weight is 397 g/mol. The summed E-state index contributed by atoms with van der Waals surface area (Å²) >= 11 is 0. The predicted molar refractivity (Wildman–Crippen MR) is 113 cm³/mol. The number of aryl methyl sites for hydroxylation is 1. The third kappa shape index (κ3) is 4.90. The Morgan fingerprint density at radius 1 is 1.14 bits per heavy atom. The molecule has 2 aliphatic rings. The lowest BCUT2D eigenvalue weighted by Crippen LogP contribution is -2.55. The molecule has 0 radical (unpaired) electrons. The molecule has 1 amide bonds. The van der Waals surface area contributed by atoms with Crippen LogP contribution in [0, 0.1) is 5.92 Å². The Balaban J connectivity index is 1.31. The summed E-state index contributed by atoms with van der Waals surface area (Å²) in [6, 6.07) is 14.7. The van der Waals surface area contributed by atoms with Gasteiger partial charge in [0.05, 0.1) is 0 Å². The van der Waals surface area contributed by atoms with Gasteiger partial charge < -0.3 is 19.0 Å². The number of fused-ring (bicyclic) bond motifs is 1. The molecule has 29 heavy (non-hydrogen) atoms. The van der Waals surface area contributed by atoms with Crippen molar-refractivity contribution >= 4 is 5.91 Å². The van der Waals surface area contributed by atoms with Gasteiger partial charge >= 0.3 is 0 Å². The molecule has 0 bridgehead atoms. The number of piperidine rings is 2. The number of methoxy groups -OCH3 is 1. The standard InChI is InChI=1S/C24H32N2O3/c1-28-18-21-11-12-23(29-21)24(27)26-15-6-10-20-17-25(16-13-22(20)26)14-5-9-19-7-3-2-4-8-19/h2-4,7-8,11-12,20,22H,5-6,9-10,13-18H2,1H3/t20-,22+/m1/s1. The summed E-state index contributed by atoms with van der Waals surface area (Å²) in [7, 11) is 1.63. The van der Waals surface area contributed by atoms with E-state index in [0.717, 1.165) is 45.4 Å². The van der Waals surface area contributed by atoms with Gasteiger partial charge in [-0.2, -0.15) is 0 Å². The van der Waals surface area contributed by atoms with E-state index in [1.54, 1.807) is 13.2 Å². The fourth-order valence-electron chi connectivity index (χ4n) is 4.94. The zero-order valence-electron chi connectivity index (χ0n) is 17.4. The summed E-state index contributed by atoms with van der Waals surface area (Å²) in [5, 5.41) is 0. The molecule has 0 unspecified atom stereocenters. The molecule has 156 valence electrons. The van der Waals surface area contributed by atoms with Crippen molar-refractivity contribution in [1.29, 1.82) is 0 Å². The van der Waals surface area contributed by atoms with Crippen LogP contribution in [0.5, 0.6) is 0 Å². The van der Waals surface area contributed by atoms with Gasteiger partial charge in [0, 0.05) is 32.8 Å². The van der Waals surface area contributed by atoms with Crippen LogP contribution in [-0.2, 0) is 17.8 Å². The van der Waals surface area contributed by atoms with Gasteiger partial charge in [-0.05, 0) is 62.3 Å². The topological polar surface area (TPSA) is 45.9 Å². The molecule has 2 atom stereocenters. The van der Waals surface area contributed by atoms with Crippen LogP contribution in [0.4, 0.5) is 0 Å². The van der Waals surface area contributed by atoms with Crippen LogP contribution < -0.4 is 0 Å². The Kier molecular flexibility index (Phi) is 6.67. The molecule has 0 spiro atoms. The summed E-state index contributed by atoms with van der Waals surface area (Å²) in [4.78, 5) is 17.7. The maximum Gasteiger partial charge on any atom is 0.289 e. The molecule has 5 nitrogen and oxygen atoms in total. The van der Waals surface area contributed by atoms with E-state index in [1.807, 2.05) is 6.07 Å². The second-order valence-electron chi connectivity index (χ2n) is 8.35. The number of nitrogens with zero attached hydrogens (tertiary/aromatic N) is 2. The van der Waals surface area contributed by atoms with Crippen molar-refractivity contribution in [1.82, 2.24) is 9.80 Å². The Morgan fingerprint density at radius 2 is 2.00 bits per heavy atom. The van der Waals surface area contributed by atoms with Crippen molar-refractivity contribution in [3.63, 3.8) is 0 Å². The van der Waals surface area contributed by atoms with Gasteiger partial charge in [0.25, 0.3) is 5.91 Å². The van der Waals surface area contributed by atoms with E-state index in [2.05, 4.69) is 40.1 Å². The fourth-order valence-corrected chi connectivity index (χ4v) is 4.94. The van der Waals surface area contributed by atoms with Crippen LogP contribution in [0.2, 0.25) is 0 Å². The molecule has 2 saturated heterocycles. The minimum Gasteiger partial charge on any atom is -0.453 e. The smallest absolute Gasteiger partial charge is 0.289 e. The minimum absolute atomic E-state index is 0.0413. The molecule has 3 heterocycles. The fraction of sp³-hybridized carbons (Fsp3) is 0.542. The van der Waals surface area contributed by atoms with E-state index in [0.29, 0.717) is 30.1 Å². The van der Waals surface area contributed by atoms with E-state index in [1.165, 1.54) is 18.4 Å². The minimum atomic E-state index is 0.0413. The van der Waals surface area contributed by atoms with Crippen LogP contribution in [0.1, 0.15) is 47.6 Å². The second kappa shape index (κ2) is 9.59. The first-order chi connectivity index (χ1) is 14.2. The van der Waals surface area contributed by atoms with E-state index in [4.69, 9.17) is 9.15 Å². The Bertz CT molecular complexity index is 788. The maximum atomic E-state index is 13.1. The lowest BCUT2D eigenvalue weighted by Gasteiger charge is -2.47. The molecular weight excluding hydrogens is 364 g/mol. The van der Waals surface area contributed by atoms with Crippen LogP contribution in [0.15, 0.2) is 46.9 Å². The van der Waals surface area contributed by atoms with Gasteiger partial charge in [-0.25, -0.2) is 0 Å². The summed E-state index contributed by atoms with van der Waals surface area (Å²) < 4.78 is 10.8. The van der Waals surface area contributed by atoms with Crippen molar-refractivity contribution in [3.8, 4) is 0 Å². The van der Waals surface area contributed by atoms with Crippen molar-refractivity contribution in [2.45, 2.75) is 44.8 Å². The molecule has 4 rings (SSSR count). The van der Waals surface area contributed by atoms with Crippen LogP contribution in [-0.4, -0.2) is 55.0 Å². The molecule has 2 aromatic rings. The first-order valence-corrected chi connectivity index (χ1v) is 10.9. The highest BCUT2D eigenvalue weighted by Crippen LogP contribution is 2.32. The zero-order valence-corrected chi connectivity index (χ0v) is 17.4. The van der Waals surface area contributed by atoms with Gasteiger partial charge in [0.1, 0.15) is 12.4 Å². The second-order valence-corrected chi connectivity index (χ2v) is 8.35. The maximum absolute atomic E-state index is 13.1. The van der Waals surface area contributed by atoms with Crippen molar-refractivity contribution in [3.05, 3.63) is 59.5 Å². The molecule has 1 aromatic carbocycles. The molecule has 2 aliphatic heterocycles. The van der Waals surface area contributed by atoms with Crippen LogP contribution >= 0.6 is 0 Å². The highest BCUT2D eigenvalue weighted by atomic mass is 16.5. The molecule has 5 heteroatoms. The summed E-state index contributed by atoms with van der Waals surface area (Å²) in [6.07, 6.45) is 5.69. The van der Waals surface area contributed by atoms with E-state index in [9.17, 15) is 4.79 Å². The third-order valence-electron chi connectivity index (χ3n) is 6.35. The normalized spacial score (nSPS) is 22.4. The largest absolute Gasteiger partial charge is 0.453 e. The van der Waals surface area contributed by atoms with Crippen molar-refractivity contribution in [2.75, 3.05) is 33.3 Å². The number of rotatable bonds is 7. The molecular formula is C24H32N2O3. The first-order valence-electron chi connectivity index (χ1n) is 10.9. The van der Waals surface area contributed by atoms with Crippen LogP contribution in [0.25, 0.3) is 0 Å². The zero-order chi connectivity index (χ0) is 20.1. The molecule has 2 fully saturated rings. The monoisotopic (exact) mass is 396 g/mol. The van der Waals surface area contributed by atoms with E-state index < -0.39 is 0 Å². The van der Waals surface area contributed by atoms with Gasteiger partial charge in [0.2, 0.25) is 0 Å². The number of carbonyl (C=O) groups is 1. The summed E-state index contributed by atoms with van der Waals surface area (Å²) in [5.41, 5.74) is 1.42. The van der Waals surface area contributed by atoms with Gasteiger partial charge in [0.15, 0.2) is 5.76 Å². The van der Waals surface area contributed by atoms with Gasteiger partial charge in [-0.3, -0.25) is 4.79 Å². The number of amides is 1. The summed E-state index contributed by atoms with van der Waals surface area (Å²) in [6.45, 7) is 4.57. The molecule has 0 aliphatic carbocycles. The van der Waals surface area contributed by atoms with Crippen molar-refractivity contribution < 1.29 is 13.9 Å². The SMILES string of the molecule is COCc1ccc(C(=O)N2CCC[C@@H]3CN(CCCc4ccccc4)CC[C@@H]32)o1. The van der Waals surface area contributed by atoms with Crippen molar-refractivity contribution in [2.24, 2.45) is 5.92 Å². The van der Waals surface area contributed by atoms with Crippen LogP contribution in [0.3, 0.4) is 0 Å². The number of carbonyl (C=O) groups excluding carboxylic acids is 1. The number of hydrogen-bond donors (Lipinski definition) is 0.